The van der Waals surface area contributed by atoms with Crippen LogP contribution in [0.4, 0.5) is 0 Å². The summed E-state index contributed by atoms with van der Waals surface area (Å²) in [5.74, 6) is 1.29. The SMILES string of the molecule is COCOc1cc(-n2ccc(OCc3ccc(Cl)cc3)cc2=O)ccc1OCC(C)(C)O. The number of aromatic nitrogens is 1. The first-order valence-electron chi connectivity index (χ1n) is 9.96. The van der Waals surface area contributed by atoms with Gasteiger partial charge < -0.3 is 24.1 Å². The molecule has 1 N–H and O–H groups in total. The lowest BCUT2D eigenvalue weighted by Crippen LogP contribution is -2.28. The predicted molar refractivity (Wildman–Crippen MR) is 122 cm³/mol. The van der Waals surface area contributed by atoms with E-state index < -0.39 is 5.60 Å². The van der Waals surface area contributed by atoms with Crippen molar-refractivity contribution in [3.63, 3.8) is 0 Å². The van der Waals surface area contributed by atoms with E-state index in [1.165, 1.54) is 17.7 Å². The van der Waals surface area contributed by atoms with E-state index in [9.17, 15) is 9.90 Å². The van der Waals surface area contributed by atoms with Gasteiger partial charge in [-0.2, -0.15) is 0 Å². The van der Waals surface area contributed by atoms with Gasteiger partial charge in [0.2, 0.25) is 0 Å². The van der Waals surface area contributed by atoms with Gasteiger partial charge in [0.25, 0.3) is 5.56 Å². The Hall–Kier alpha value is -3.00. The molecule has 2 aromatic carbocycles. The normalized spacial score (nSPS) is 11.3. The number of nitrogens with zero attached hydrogens (tertiary/aromatic N) is 1. The molecule has 1 heterocycles. The van der Waals surface area contributed by atoms with Gasteiger partial charge in [0.05, 0.1) is 11.3 Å². The number of halogens is 1. The van der Waals surface area contributed by atoms with Gasteiger partial charge in [-0.05, 0) is 49.7 Å². The molecule has 170 valence electrons. The van der Waals surface area contributed by atoms with E-state index in [1.807, 2.05) is 12.1 Å². The standard InChI is InChI=1S/C24H26ClNO6/c1-24(2,28)15-31-21-9-8-19(12-22(21)32-16-29-3)26-11-10-20(13-23(26)27)30-14-17-4-6-18(25)7-5-17/h4-13,28H,14-16H2,1-3H3. The number of pyridine rings is 1. The minimum atomic E-state index is -1.00. The molecule has 0 amide bonds. The molecule has 7 nitrogen and oxygen atoms in total. The number of rotatable bonds is 10. The second-order valence-corrected chi connectivity index (χ2v) is 8.21. The van der Waals surface area contributed by atoms with E-state index in [1.54, 1.807) is 56.4 Å². The minimum Gasteiger partial charge on any atom is -0.489 e. The van der Waals surface area contributed by atoms with Gasteiger partial charge in [0.15, 0.2) is 18.3 Å². The highest BCUT2D eigenvalue weighted by atomic mass is 35.5. The molecule has 32 heavy (non-hydrogen) atoms. The zero-order chi connectivity index (χ0) is 23.1. The highest BCUT2D eigenvalue weighted by molar-refractivity contribution is 6.30. The van der Waals surface area contributed by atoms with Crippen LogP contribution in [0.3, 0.4) is 0 Å². The Balaban J connectivity index is 1.78. The summed E-state index contributed by atoms with van der Waals surface area (Å²) in [5, 5.41) is 10.6. The monoisotopic (exact) mass is 459 g/mol. The summed E-state index contributed by atoms with van der Waals surface area (Å²) in [6.07, 6.45) is 1.63. The molecule has 3 aromatic rings. The first-order valence-corrected chi connectivity index (χ1v) is 10.3. The van der Waals surface area contributed by atoms with Crippen molar-refractivity contribution in [2.45, 2.75) is 26.1 Å². The van der Waals surface area contributed by atoms with Crippen molar-refractivity contribution < 1.29 is 24.1 Å². The Morgan fingerprint density at radius 2 is 1.72 bits per heavy atom. The molecular formula is C24H26ClNO6. The second kappa shape index (κ2) is 10.5. The lowest BCUT2D eigenvalue weighted by atomic mass is 10.2. The van der Waals surface area contributed by atoms with E-state index in [2.05, 4.69) is 0 Å². The maximum absolute atomic E-state index is 12.7. The number of methoxy groups -OCH3 is 1. The number of hydrogen-bond donors (Lipinski definition) is 1. The lowest BCUT2D eigenvalue weighted by Gasteiger charge is -2.20. The maximum Gasteiger partial charge on any atom is 0.258 e. The van der Waals surface area contributed by atoms with Gasteiger partial charge in [-0.25, -0.2) is 0 Å². The third kappa shape index (κ3) is 6.75. The molecule has 0 aliphatic heterocycles. The highest BCUT2D eigenvalue weighted by Crippen LogP contribution is 2.30. The van der Waals surface area contributed by atoms with E-state index in [0.29, 0.717) is 34.6 Å². The van der Waals surface area contributed by atoms with Crippen LogP contribution in [-0.4, -0.2) is 35.8 Å². The zero-order valence-corrected chi connectivity index (χ0v) is 19.0. The molecule has 8 heteroatoms. The molecule has 0 aliphatic rings. The molecule has 0 fully saturated rings. The average molecular weight is 460 g/mol. The van der Waals surface area contributed by atoms with E-state index in [0.717, 1.165) is 5.56 Å². The summed E-state index contributed by atoms with van der Waals surface area (Å²) >= 11 is 5.89. The molecule has 0 bridgehead atoms. The topological polar surface area (TPSA) is 79.2 Å². The Morgan fingerprint density at radius 3 is 2.38 bits per heavy atom. The average Bonchev–Trinajstić information content (AvgIpc) is 2.75. The van der Waals surface area contributed by atoms with Gasteiger partial charge in [0.1, 0.15) is 19.0 Å². The first-order chi connectivity index (χ1) is 15.2. The number of ether oxygens (including phenoxy) is 4. The van der Waals surface area contributed by atoms with Gasteiger partial charge in [-0.3, -0.25) is 9.36 Å². The summed E-state index contributed by atoms with van der Waals surface area (Å²) in [6.45, 7) is 3.70. The summed E-state index contributed by atoms with van der Waals surface area (Å²) in [7, 11) is 1.51. The number of aliphatic hydroxyl groups is 1. The van der Waals surface area contributed by atoms with Gasteiger partial charge in [0, 0.05) is 30.5 Å². The van der Waals surface area contributed by atoms with Crippen molar-refractivity contribution in [2.24, 2.45) is 0 Å². The second-order valence-electron chi connectivity index (χ2n) is 7.77. The third-order valence-corrected chi connectivity index (χ3v) is 4.58. The molecule has 0 saturated carbocycles. The fourth-order valence-corrected chi connectivity index (χ4v) is 2.89. The van der Waals surface area contributed by atoms with Crippen LogP contribution in [0.25, 0.3) is 5.69 Å². The Labute approximate surface area is 191 Å². The van der Waals surface area contributed by atoms with Crippen LogP contribution in [0, 0.1) is 0 Å². The van der Waals surface area contributed by atoms with Crippen molar-refractivity contribution in [1.29, 1.82) is 0 Å². The van der Waals surface area contributed by atoms with Crippen molar-refractivity contribution in [3.05, 3.63) is 81.7 Å². The molecule has 1 aromatic heterocycles. The zero-order valence-electron chi connectivity index (χ0n) is 18.2. The molecule has 0 radical (unpaired) electrons. The maximum atomic E-state index is 12.7. The lowest BCUT2D eigenvalue weighted by molar-refractivity contribution is 0.0224. The molecule has 0 spiro atoms. The van der Waals surface area contributed by atoms with Crippen LogP contribution in [0.1, 0.15) is 19.4 Å². The van der Waals surface area contributed by atoms with Crippen LogP contribution in [-0.2, 0) is 11.3 Å². The largest absolute Gasteiger partial charge is 0.489 e. The third-order valence-electron chi connectivity index (χ3n) is 4.33. The number of hydrogen-bond acceptors (Lipinski definition) is 6. The van der Waals surface area contributed by atoms with E-state index in [4.69, 9.17) is 30.5 Å². The smallest absolute Gasteiger partial charge is 0.258 e. The molecule has 0 atom stereocenters. The molecular weight excluding hydrogens is 434 g/mol. The first kappa shape index (κ1) is 23.7. The Morgan fingerprint density at radius 1 is 0.969 bits per heavy atom. The van der Waals surface area contributed by atoms with Crippen molar-refractivity contribution >= 4 is 11.6 Å². The summed E-state index contributed by atoms with van der Waals surface area (Å²) < 4.78 is 23.4. The number of benzene rings is 2. The van der Waals surface area contributed by atoms with E-state index >= 15 is 0 Å². The summed E-state index contributed by atoms with van der Waals surface area (Å²) in [4.78, 5) is 12.7. The summed E-state index contributed by atoms with van der Waals surface area (Å²) in [5.41, 5.74) is 0.262. The predicted octanol–water partition coefficient (Wildman–Crippen LogP) is 4.20. The van der Waals surface area contributed by atoms with Crippen molar-refractivity contribution in [2.75, 3.05) is 20.5 Å². The molecule has 0 aliphatic carbocycles. The van der Waals surface area contributed by atoms with Crippen LogP contribution >= 0.6 is 11.6 Å². The Bertz CT molecular complexity index is 1090. The Kier molecular flexibility index (Phi) is 7.80. The minimum absolute atomic E-state index is 0.00864. The fraction of sp³-hybridized carbons (Fsp3) is 0.292. The van der Waals surface area contributed by atoms with Gasteiger partial charge >= 0.3 is 0 Å². The molecule has 3 rings (SSSR count). The fourth-order valence-electron chi connectivity index (χ4n) is 2.77. The molecule has 0 saturated heterocycles. The van der Waals surface area contributed by atoms with Gasteiger partial charge in [-0.15, -0.1) is 0 Å². The van der Waals surface area contributed by atoms with Gasteiger partial charge in [-0.1, -0.05) is 23.7 Å². The van der Waals surface area contributed by atoms with Crippen LogP contribution < -0.4 is 19.8 Å². The highest BCUT2D eigenvalue weighted by Gasteiger charge is 2.16. The quantitative estimate of drug-likeness (QED) is 0.458. The summed E-state index contributed by atoms with van der Waals surface area (Å²) in [6, 6.07) is 15.5. The van der Waals surface area contributed by atoms with Crippen molar-refractivity contribution in [1.82, 2.24) is 4.57 Å². The van der Waals surface area contributed by atoms with Crippen LogP contribution in [0.2, 0.25) is 5.02 Å². The van der Waals surface area contributed by atoms with E-state index in [-0.39, 0.29) is 19.0 Å². The van der Waals surface area contributed by atoms with Crippen LogP contribution in [0.5, 0.6) is 17.2 Å². The van der Waals surface area contributed by atoms with Crippen molar-refractivity contribution in [3.8, 4) is 22.9 Å². The molecule has 0 unspecified atom stereocenters. The van der Waals surface area contributed by atoms with Crippen LogP contribution in [0.15, 0.2) is 65.6 Å².